The number of rotatable bonds is 7. The summed E-state index contributed by atoms with van der Waals surface area (Å²) in [6.07, 6.45) is 0.595. The van der Waals surface area contributed by atoms with Crippen molar-refractivity contribution in [3.8, 4) is 0 Å². The predicted molar refractivity (Wildman–Crippen MR) is 107 cm³/mol. The van der Waals surface area contributed by atoms with Gasteiger partial charge in [-0.1, -0.05) is 24.3 Å². The van der Waals surface area contributed by atoms with Gasteiger partial charge in [0.1, 0.15) is 5.82 Å². The van der Waals surface area contributed by atoms with Crippen molar-refractivity contribution in [2.45, 2.75) is 12.2 Å². The summed E-state index contributed by atoms with van der Waals surface area (Å²) in [6.45, 7) is 0.893. The van der Waals surface area contributed by atoms with Crippen LogP contribution in [0.15, 0.2) is 48.5 Å². The van der Waals surface area contributed by atoms with E-state index < -0.39 is 10.0 Å². The maximum Gasteiger partial charge on any atom is 0.251 e. The van der Waals surface area contributed by atoms with Gasteiger partial charge in [-0.2, -0.15) is 11.8 Å². The highest BCUT2D eigenvalue weighted by atomic mass is 32.2. The van der Waals surface area contributed by atoms with E-state index in [0.29, 0.717) is 47.8 Å². The van der Waals surface area contributed by atoms with Crippen molar-refractivity contribution < 1.29 is 17.6 Å². The highest BCUT2D eigenvalue weighted by molar-refractivity contribution is 7.98. The second-order valence-electron chi connectivity index (χ2n) is 6.19. The molecule has 0 radical (unpaired) electrons. The molecule has 0 bridgehead atoms. The van der Waals surface area contributed by atoms with Gasteiger partial charge in [-0.15, -0.1) is 0 Å². The van der Waals surface area contributed by atoms with E-state index in [-0.39, 0.29) is 17.5 Å². The fourth-order valence-electron chi connectivity index (χ4n) is 2.87. The fourth-order valence-corrected chi connectivity index (χ4v) is 5.27. The molecule has 1 heterocycles. The summed E-state index contributed by atoms with van der Waals surface area (Å²) < 4.78 is 38.9. The van der Waals surface area contributed by atoms with Crippen LogP contribution in [-0.4, -0.2) is 38.9 Å². The SMILES string of the molecule is O=C(NCCSCc1ccccc1F)c1cccc(N2CCCS2(=O)=O)c1. The molecule has 2 aromatic carbocycles. The first-order valence-corrected chi connectivity index (χ1v) is 11.4. The molecular formula is C19H21FN2O3S2. The fraction of sp³-hybridized carbons (Fsp3) is 0.316. The van der Waals surface area contributed by atoms with Gasteiger partial charge < -0.3 is 5.32 Å². The van der Waals surface area contributed by atoms with Gasteiger partial charge in [-0.05, 0) is 36.2 Å². The van der Waals surface area contributed by atoms with E-state index in [1.54, 1.807) is 42.5 Å². The number of carbonyl (C=O) groups excluding carboxylic acids is 1. The van der Waals surface area contributed by atoms with E-state index in [2.05, 4.69) is 5.32 Å². The number of thioether (sulfide) groups is 1. The number of amides is 1. The number of nitrogens with one attached hydrogen (secondary N) is 1. The zero-order chi connectivity index (χ0) is 19.3. The Hall–Kier alpha value is -2.06. The third kappa shape index (κ3) is 5.01. The molecule has 27 heavy (non-hydrogen) atoms. The third-order valence-corrected chi connectivity index (χ3v) is 7.12. The summed E-state index contributed by atoms with van der Waals surface area (Å²) >= 11 is 1.54. The van der Waals surface area contributed by atoms with Gasteiger partial charge in [0, 0.05) is 30.2 Å². The smallest absolute Gasteiger partial charge is 0.251 e. The van der Waals surface area contributed by atoms with Gasteiger partial charge in [0.25, 0.3) is 5.91 Å². The molecule has 0 aromatic heterocycles. The topological polar surface area (TPSA) is 66.5 Å². The Bertz CT molecular complexity index is 919. The number of anilines is 1. The first-order chi connectivity index (χ1) is 13.0. The van der Waals surface area contributed by atoms with Gasteiger partial charge in [0.05, 0.1) is 11.4 Å². The first kappa shape index (κ1) is 19.7. The second-order valence-corrected chi connectivity index (χ2v) is 9.31. The standard InChI is InChI=1S/C19H21FN2O3S2/c20-18-8-2-1-5-16(18)14-26-11-9-21-19(23)15-6-3-7-17(13-15)22-10-4-12-27(22,24)25/h1-3,5-8,13H,4,9-12,14H2,(H,21,23). The highest BCUT2D eigenvalue weighted by Crippen LogP contribution is 2.24. The van der Waals surface area contributed by atoms with E-state index in [4.69, 9.17) is 0 Å². The summed E-state index contributed by atoms with van der Waals surface area (Å²) in [5.41, 5.74) is 1.59. The van der Waals surface area contributed by atoms with Crippen molar-refractivity contribution >= 4 is 33.4 Å². The van der Waals surface area contributed by atoms with Crippen molar-refractivity contribution in [1.29, 1.82) is 0 Å². The zero-order valence-electron chi connectivity index (χ0n) is 14.7. The Kier molecular flexibility index (Phi) is 6.38. The van der Waals surface area contributed by atoms with E-state index >= 15 is 0 Å². The van der Waals surface area contributed by atoms with Crippen LogP contribution in [0.5, 0.6) is 0 Å². The van der Waals surface area contributed by atoms with Gasteiger partial charge in [-0.3, -0.25) is 9.10 Å². The molecule has 1 amide bonds. The molecule has 0 spiro atoms. The average Bonchev–Trinajstić information content (AvgIpc) is 3.02. The number of sulfonamides is 1. The Labute approximate surface area is 163 Å². The molecule has 144 valence electrons. The molecule has 5 nitrogen and oxygen atoms in total. The molecular weight excluding hydrogens is 387 g/mol. The minimum atomic E-state index is -3.27. The number of benzene rings is 2. The lowest BCUT2D eigenvalue weighted by molar-refractivity contribution is 0.0956. The van der Waals surface area contributed by atoms with E-state index in [1.165, 1.54) is 22.1 Å². The first-order valence-electron chi connectivity index (χ1n) is 8.67. The summed E-state index contributed by atoms with van der Waals surface area (Å²) in [4.78, 5) is 12.3. The number of hydrogen-bond acceptors (Lipinski definition) is 4. The van der Waals surface area contributed by atoms with Gasteiger partial charge in [0.2, 0.25) is 10.0 Å². The van der Waals surface area contributed by atoms with Crippen LogP contribution < -0.4 is 9.62 Å². The maximum atomic E-state index is 13.5. The van der Waals surface area contributed by atoms with Crippen LogP contribution in [0.1, 0.15) is 22.3 Å². The minimum absolute atomic E-state index is 0.142. The Balaban J connectivity index is 1.50. The van der Waals surface area contributed by atoms with Gasteiger partial charge in [0.15, 0.2) is 0 Å². The molecule has 0 atom stereocenters. The van der Waals surface area contributed by atoms with E-state index in [1.807, 2.05) is 0 Å². The van der Waals surface area contributed by atoms with Crippen LogP contribution in [-0.2, 0) is 15.8 Å². The van der Waals surface area contributed by atoms with E-state index in [9.17, 15) is 17.6 Å². The van der Waals surface area contributed by atoms with Crippen LogP contribution in [0.3, 0.4) is 0 Å². The van der Waals surface area contributed by atoms with Crippen LogP contribution in [0.25, 0.3) is 0 Å². The van der Waals surface area contributed by atoms with Crippen LogP contribution in [0.2, 0.25) is 0 Å². The molecule has 1 aliphatic rings. The summed E-state index contributed by atoms with van der Waals surface area (Å²) in [6, 6.07) is 13.3. The van der Waals surface area contributed by atoms with Crippen molar-refractivity contribution in [3.05, 3.63) is 65.5 Å². The quantitative estimate of drug-likeness (QED) is 0.715. The molecule has 2 aromatic rings. The molecule has 0 saturated carbocycles. The molecule has 0 aliphatic carbocycles. The average molecular weight is 409 g/mol. The molecule has 1 saturated heterocycles. The molecule has 1 N–H and O–H groups in total. The van der Waals surface area contributed by atoms with Gasteiger partial charge >= 0.3 is 0 Å². The largest absolute Gasteiger partial charge is 0.351 e. The lowest BCUT2D eigenvalue weighted by Gasteiger charge is -2.17. The van der Waals surface area contributed by atoms with Crippen molar-refractivity contribution in [2.75, 3.05) is 28.9 Å². The lowest BCUT2D eigenvalue weighted by atomic mass is 10.2. The Morgan fingerprint density at radius 1 is 1.19 bits per heavy atom. The normalized spacial score (nSPS) is 15.7. The van der Waals surface area contributed by atoms with E-state index in [0.717, 1.165) is 0 Å². The number of hydrogen-bond donors (Lipinski definition) is 1. The molecule has 0 unspecified atom stereocenters. The zero-order valence-corrected chi connectivity index (χ0v) is 16.4. The molecule has 1 aliphatic heterocycles. The number of halogens is 1. The Morgan fingerprint density at radius 3 is 2.74 bits per heavy atom. The van der Waals surface area contributed by atoms with Crippen molar-refractivity contribution in [1.82, 2.24) is 5.32 Å². The molecule has 1 fully saturated rings. The number of carbonyl (C=O) groups is 1. The summed E-state index contributed by atoms with van der Waals surface area (Å²) in [5.74, 6) is 0.871. The monoisotopic (exact) mass is 408 g/mol. The molecule has 8 heteroatoms. The van der Waals surface area contributed by atoms with Crippen molar-refractivity contribution in [3.63, 3.8) is 0 Å². The summed E-state index contributed by atoms with van der Waals surface area (Å²) in [5, 5.41) is 2.82. The third-order valence-electron chi connectivity index (χ3n) is 4.24. The highest BCUT2D eigenvalue weighted by Gasteiger charge is 2.28. The van der Waals surface area contributed by atoms with Crippen LogP contribution >= 0.6 is 11.8 Å². The minimum Gasteiger partial charge on any atom is -0.351 e. The lowest BCUT2D eigenvalue weighted by Crippen LogP contribution is -2.27. The van der Waals surface area contributed by atoms with Gasteiger partial charge in [-0.25, -0.2) is 12.8 Å². The maximum absolute atomic E-state index is 13.5. The summed E-state index contributed by atoms with van der Waals surface area (Å²) in [7, 11) is -3.27. The van der Waals surface area contributed by atoms with Crippen LogP contribution in [0.4, 0.5) is 10.1 Å². The molecule has 3 rings (SSSR count). The Morgan fingerprint density at radius 2 is 2.00 bits per heavy atom. The second kappa shape index (κ2) is 8.75. The van der Waals surface area contributed by atoms with Crippen LogP contribution in [0, 0.1) is 5.82 Å². The van der Waals surface area contributed by atoms with Crippen molar-refractivity contribution in [2.24, 2.45) is 0 Å². The predicted octanol–water partition coefficient (Wildman–Crippen LogP) is 3.03. The number of nitrogens with zero attached hydrogens (tertiary/aromatic N) is 1.